The van der Waals surface area contributed by atoms with Crippen molar-refractivity contribution in [3.05, 3.63) is 23.5 Å². The zero-order chi connectivity index (χ0) is 26.4. The third-order valence-corrected chi connectivity index (χ3v) is 10.2. The Bertz CT molecular complexity index is 1200. The molecule has 0 aromatic carbocycles. The first-order valence-corrected chi connectivity index (χ1v) is 15.2. The minimum atomic E-state index is -3.21. The number of fused-ring (bicyclic) bond motifs is 2. The van der Waals surface area contributed by atoms with E-state index in [2.05, 4.69) is 41.3 Å². The Hall–Kier alpha value is -2.24. The zero-order valence-electron chi connectivity index (χ0n) is 22.7. The molecular weight excluding hydrogens is 490 g/mol. The maximum Gasteiger partial charge on any atom is 0.227 e. The van der Waals surface area contributed by atoms with Gasteiger partial charge in [0.05, 0.1) is 17.0 Å². The summed E-state index contributed by atoms with van der Waals surface area (Å²) in [4.78, 5) is 12.2. The molecule has 4 atom stereocenters. The molecule has 5 rings (SSSR count). The van der Waals surface area contributed by atoms with Gasteiger partial charge < -0.3 is 15.0 Å². The monoisotopic (exact) mass is 531 g/mol. The summed E-state index contributed by atoms with van der Waals surface area (Å²) in [5.74, 6) is 2.54. The minimum Gasteiger partial charge on any atom is -0.376 e. The van der Waals surface area contributed by atoms with Gasteiger partial charge in [0.15, 0.2) is 5.82 Å². The highest BCUT2D eigenvalue weighted by Gasteiger charge is 2.45. The van der Waals surface area contributed by atoms with Crippen LogP contribution in [0.5, 0.6) is 0 Å². The van der Waals surface area contributed by atoms with Gasteiger partial charge >= 0.3 is 0 Å². The fourth-order valence-electron chi connectivity index (χ4n) is 6.37. The summed E-state index contributed by atoms with van der Waals surface area (Å²) in [6.45, 7) is 8.69. The molecule has 0 spiro atoms. The number of rotatable bonds is 7. The summed E-state index contributed by atoms with van der Waals surface area (Å²) < 4.78 is 33.5. The van der Waals surface area contributed by atoms with Crippen molar-refractivity contribution in [3.8, 4) is 0 Å². The third-order valence-electron chi connectivity index (χ3n) is 8.24. The standard InChI is InChI=1S/C26H41N7O3S/c1-6-37(34,35)33-19-8-7-9-20(33)14-21(13-19)32(5)25-27-22(18-10-11-36-26(3,4)16-18)15-23(29-25)28-24-12-17(2)30-31-24/h12,15,18-21H,6-11,13-14,16H2,1-5H3,(H2,27,28,29,30,31)/t18?,19-,20+,21?. The van der Waals surface area contributed by atoms with Crippen LogP contribution >= 0.6 is 0 Å². The van der Waals surface area contributed by atoms with Gasteiger partial charge in [-0.3, -0.25) is 5.10 Å². The molecule has 2 unspecified atom stereocenters. The number of aromatic nitrogens is 4. The van der Waals surface area contributed by atoms with E-state index in [4.69, 9.17) is 14.7 Å². The van der Waals surface area contributed by atoms with Crippen molar-refractivity contribution in [2.45, 2.75) is 102 Å². The van der Waals surface area contributed by atoms with Gasteiger partial charge in [-0.1, -0.05) is 6.42 Å². The number of nitrogens with zero attached hydrogens (tertiary/aromatic N) is 5. The second-order valence-corrected chi connectivity index (χ2v) is 13.7. The fraction of sp³-hybridized carbons (Fsp3) is 0.731. The van der Waals surface area contributed by atoms with Crippen molar-refractivity contribution < 1.29 is 13.2 Å². The molecule has 2 N–H and O–H groups in total. The molecule has 0 radical (unpaired) electrons. The van der Waals surface area contributed by atoms with Crippen LogP contribution in [0.2, 0.25) is 0 Å². The van der Waals surface area contributed by atoms with E-state index in [1.165, 1.54) is 0 Å². The van der Waals surface area contributed by atoms with E-state index in [-0.39, 0.29) is 35.4 Å². The number of hydrogen-bond donors (Lipinski definition) is 2. The SMILES string of the molecule is CCS(=O)(=O)N1[C@@H]2CCC[C@H]1CC(N(C)c1nc(Nc3cc(C)[nH]n3)cc(C3CCOC(C)(C)C3)n1)C2. The molecule has 2 aromatic rings. The second kappa shape index (κ2) is 10.1. The molecule has 0 saturated carbocycles. The van der Waals surface area contributed by atoms with E-state index in [0.29, 0.717) is 18.4 Å². The zero-order valence-corrected chi connectivity index (χ0v) is 23.5. The average molecular weight is 532 g/mol. The van der Waals surface area contributed by atoms with E-state index < -0.39 is 10.0 Å². The molecule has 11 heteroatoms. The topological polar surface area (TPSA) is 116 Å². The lowest BCUT2D eigenvalue weighted by atomic mass is 9.83. The highest BCUT2D eigenvalue weighted by atomic mass is 32.2. The Balaban J connectivity index is 1.44. The molecule has 3 fully saturated rings. The van der Waals surface area contributed by atoms with Crippen molar-refractivity contribution in [2.24, 2.45) is 0 Å². The first-order chi connectivity index (χ1) is 17.5. The molecule has 2 bridgehead atoms. The van der Waals surface area contributed by atoms with Crippen molar-refractivity contribution in [1.29, 1.82) is 0 Å². The molecule has 3 aliphatic heterocycles. The smallest absolute Gasteiger partial charge is 0.227 e. The van der Waals surface area contributed by atoms with E-state index in [0.717, 1.165) is 62.2 Å². The van der Waals surface area contributed by atoms with Gasteiger partial charge in [0, 0.05) is 55.5 Å². The van der Waals surface area contributed by atoms with Gasteiger partial charge in [0.25, 0.3) is 0 Å². The summed E-state index contributed by atoms with van der Waals surface area (Å²) >= 11 is 0. The number of aromatic amines is 1. The molecule has 2 aromatic heterocycles. The molecular formula is C26H41N7O3S. The van der Waals surface area contributed by atoms with Crippen LogP contribution in [0.1, 0.15) is 83.0 Å². The largest absolute Gasteiger partial charge is 0.376 e. The maximum atomic E-state index is 12.9. The number of H-pyrrole nitrogens is 1. The van der Waals surface area contributed by atoms with Crippen LogP contribution in [-0.4, -0.2) is 76.0 Å². The Morgan fingerprint density at radius 3 is 2.51 bits per heavy atom. The lowest BCUT2D eigenvalue weighted by molar-refractivity contribution is -0.0597. The molecule has 0 amide bonds. The van der Waals surface area contributed by atoms with Gasteiger partial charge in [0.1, 0.15) is 5.82 Å². The number of nitrogens with one attached hydrogen (secondary N) is 2. The summed E-state index contributed by atoms with van der Waals surface area (Å²) in [6.07, 6.45) is 6.33. The Morgan fingerprint density at radius 2 is 1.89 bits per heavy atom. The van der Waals surface area contributed by atoms with Crippen LogP contribution in [0.3, 0.4) is 0 Å². The van der Waals surface area contributed by atoms with Gasteiger partial charge in [-0.15, -0.1) is 0 Å². The normalized spacial score (nSPS) is 28.1. The molecule has 5 heterocycles. The number of anilines is 3. The van der Waals surface area contributed by atoms with E-state index in [1.54, 1.807) is 6.92 Å². The molecule has 204 valence electrons. The third kappa shape index (κ3) is 5.63. The Morgan fingerprint density at radius 1 is 1.16 bits per heavy atom. The van der Waals surface area contributed by atoms with Crippen LogP contribution in [0.15, 0.2) is 12.1 Å². The Labute approximate surface area is 220 Å². The highest BCUT2D eigenvalue weighted by molar-refractivity contribution is 7.89. The molecule has 0 aliphatic carbocycles. The van der Waals surface area contributed by atoms with E-state index in [1.807, 2.05) is 23.4 Å². The number of hydrogen-bond acceptors (Lipinski definition) is 8. The van der Waals surface area contributed by atoms with Gasteiger partial charge in [-0.05, 0) is 66.2 Å². The molecule has 37 heavy (non-hydrogen) atoms. The van der Waals surface area contributed by atoms with E-state index in [9.17, 15) is 8.42 Å². The number of piperidine rings is 2. The Kier molecular flexibility index (Phi) is 7.23. The molecule has 3 aliphatic rings. The first kappa shape index (κ1) is 26.4. The lowest BCUT2D eigenvalue weighted by Crippen LogP contribution is -2.58. The number of ether oxygens (including phenoxy) is 1. The summed E-state index contributed by atoms with van der Waals surface area (Å²) in [5, 5.41) is 10.7. The quantitative estimate of drug-likeness (QED) is 0.549. The average Bonchev–Trinajstić information content (AvgIpc) is 3.26. The summed E-state index contributed by atoms with van der Waals surface area (Å²) in [5.41, 5.74) is 1.79. The predicted molar refractivity (Wildman–Crippen MR) is 145 cm³/mol. The summed E-state index contributed by atoms with van der Waals surface area (Å²) in [6, 6.07) is 4.27. The van der Waals surface area contributed by atoms with Crippen molar-refractivity contribution >= 4 is 27.6 Å². The second-order valence-electron chi connectivity index (χ2n) is 11.5. The van der Waals surface area contributed by atoms with Gasteiger partial charge in [-0.2, -0.15) is 14.4 Å². The van der Waals surface area contributed by atoms with Crippen LogP contribution in [-0.2, 0) is 14.8 Å². The van der Waals surface area contributed by atoms with E-state index >= 15 is 0 Å². The fourth-order valence-corrected chi connectivity index (χ4v) is 7.96. The van der Waals surface area contributed by atoms with Crippen molar-refractivity contribution in [1.82, 2.24) is 24.5 Å². The van der Waals surface area contributed by atoms with Crippen LogP contribution < -0.4 is 10.2 Å². The number of aryl methyl sites for hydroxylation is 1. The van der Waals surface area contributed by atoms with Crippen LogP contribution in [0.25, 0.3) is 0 Å². The highest BCUT2D eigenvalue weighted by Crippen LogP contribution is 2.40. The van der Waals surface area contributed by atoms with Crippen LogP contribution in [0.4, 0.5) is 17.6 Å². The molecule has 3 saturated heterocycles. The first-order valence-electron chi connectivity index (χ1n) is 13.6. The van der Waals surface area contributed by atoms with Gasteiger partial charge in [0.2, 0.25) is 16.0 Å². The van der Waals surface area contributed by atoms with Gasteiger partial charge in [-0.25, -0.2) is 13.4 Å². The predicted octanol–water partition coefficient (Wildman–Crippen LogP) is 4.10. The molecule has 10 nitrogen and oxygen atoms in total. The van der Waals surface area contributed by atoms with Crippen molar-refractivity contribution in [3.63, 3.8) is 0 Å². The number of sulfonamides is 1. The summed E-state index contributed by atoms with van der Waals surface area (Å²) in [7, 11) is -1.16. The van der Waals surface area contributed by atoms with Crippen molar-refractivity contribution in [2.75, 3.05) is 29.6 Å². The maximum absolute atomic E-state index is 12.9. The lowest BCUT2D eigenvalue weighted by Gasteiger charge is -2.49. The minimum absolute atomic E-state index is 0.0500. The van der Waals surface area contributed by atoms with Crippen LogP contribution in [0, 0.1) is 6.92 Å².